The van der Waals surface area contributed by atoms with Gasteiger partial charge in [0.2, 0.25) is 0 Å². The third-order valence-corrected chi connectivity index (χ3v) is 1.34. The van der Waals surface area contributed by atoms with Gasteiger partial charge in [0.1, 0.15) is 0 Å². The van der Waals surface area contributed by atoms with Crippen LogP contribution in [0.15, 0.2) is 0 Å². The molecule has 0 aromatic rings. The van der Waals surface area contributed by atoms with Crippen molar-refractivity contribution in [2.75, 3.05) is 19.6 Å². The minimum atomic E-state index is 0. The van der Waals surface area contributed by atoms with Crippen LogP contribution in [0.2, 0.25) is 0 Å². The van der Waals surface area contributed by atoms with Crippen molar-refractivity contribution in [2.24, 2.45) is 0 Å². The van der Waals surface area contributed by atoms with Crippen LogP contribution in [0, 0.1) is 0 Å². The van der Waals surface area contributed by atoms with Gasteiger partial charge < -0.3 is 10.4 Å². The standard InChI is InChI=1S/C6H15N.H2O/c1-4-7(5-2)6-3;/h4-6H2,1-3H3;1H2/p-1. The molecule has 0 fully saturated rings. The summed E-state index contributed by atoms with van der Waals surface area (Å²) in [6.45, 7) is 10.1. The lowest BCUT2D eigenvalue weighted by Gasteiger charge is -2.13. The van der Waals surface area contributed by atoms with Crippen molar-refractivity contribution in [1.82, 2.24) is 4.90 Å². The minimum absolute atomic E-state index is 0. The van der Waals surface area contributed by atoms with Gasteiger partial charge in [0.15, 0.2) is 0 Å². The van der Waals surface area contributed by atoms with E-state index in [1.807, 2.05) is 0 Å². The van der Waals surface area contributed by atoms with Gasteiger partial charge in [-0.05, 0) is 19.6 Å². The van der Waals surface area contributed by atoms with Crippen LogP contribution in [-0.2, 0) is 0 Å². The molecule has 0 aromatic heterocycles. The highest BCUT2D eigenvalue weighted by Gasteiger charge is 1.89. The molecular formula is C6H16NO-. The van der Waals surface area contributed by atoms with Crippen LogP contribution in [0.3, 0.4) is 0 Å². The fourth-order valence-corrected chi connectivity index (χ4v) is 0.671. The van der Waals surface area contributed by atoms with E-state index in [9.17, 15) is 0 Å². The van der Waals surface area contributed by atoms with E-state index in [0.29, 0.717) is 0 Å². The average Bonchev–Trinajstić information content (AvgIpc) is 1.72. The molecule has 0 spiro atoms. The van der Waals surface area contributed by atoms with Gasteiger partial charge >= 0.3 is 0 Å². The van der Waals surface area contributed by atoms with Crippen molar-refractivity contribution < 1.29 is 5.48 Å². The molecular weight excluding hydrogens is 102 g/mol. The van der Waals surface area contributed by atoms with E-state index in [2.05, 4.69) is 25.7 Å². The summed E-state index contributed by atoms with van der Waals surface area (Å²) in [5.74, 6) is 0. The molecule has 0 saturated carbocycles. The maximum absolute atomic E-state index is 2.38. The highest BCUT2D eigenvalue weighted by Crippen LogP contribution is 1.81. The van der Waals surface area contributed by atoms with Crippen molar-refractivity contribution in [3.05, 3.63) is 0 Å². The Morgan fingerprint density at radius 1 is 0.875 bits per heavy atom. The number of hydrogen-bond donors (Lipinski definition) is 0. The maximum atomic E-state index is 2.38. The molecule has 2 nitrogen and oxygen atoms in total. The van der Waals surface area contributed by atoms with Crippen molar-refractivity contribution >= 4 is 0 Å². The molecule has 0 aromatic carbocycles. The van der Waals surface area contributed by atoms with Crippen molar-refractivity contribution in [3.63, 3.8) is 0 Å². The third kappa shape index (κ3) is 4.09. The lowest BCUT2D eigenvalue weighted by atomic mass is 10.5. The lowest BCUT2D eigenvalue weighted by molar-refractivity contribution is 0.321. The smallest absolute Gasteiger partial charge is 0.00474 e. The Labute approximate surface area is 51.8 Å². The molecule has 0 radical (unpaired) electrons. The zero-order valence-electron chi connectivity index (χ0n) is 6.02. The molecule has 0 aliphatic heterocycles. The molecule has 1 N–H and O–H groups in total. The van der Waals surface area contributed by atoms with Gasteiger partial charge in [0, 0.05) is 0 Å². The zero-order chi connectivity index (χ0) is 5.70. The monoisotopic (exact) mass is 118 g/mol. The first kappa shape index (κ1) is 10.8. The Balaban J connectivity index is 0. The van der Waals surface area contributed by atoms with Crippen LogP contribution < -0.4 is 0 Å². The molecule has 0 heterocycles. The summed E-state index contributed by atoms with van der Waals surface area (Å²) in [5.41, 5.74) is 0. The zero-order valence-corrected chi connectivity index (χ0v) is 6.02. The van der Waals surface area contributed by atoms with E-state index in [-0.39, 0.29) is 5.48 Å². The van der Waals surface area contributed by atoms with Gasteiger partial charge in [-0.1, -0.05) is 20.8 Å². The summed E-state index contributed by atoms with van der Waals surface area (Å²) in [6.07, 6.45) is 0. The topological polar surface area (TPSA) is 33.2 Å². The Morgan fingerprint density at radius 2 is 1.12 bits per heavy atom. The number of rotatable bonds is 3. The molecule has 0 bridgehead atoms. The van der Waals surface area contributed by atoms with Crippen LogP contribution in [0.25, 0.3) is 0 Å². The molecule has 0 rings (SSSR count). The van der Waals surface area contributed by atoms with E-state index in [0.717, 1.165) is 0 Å². The van der Waals surface area contributed by atoms with Crippen LogP contribution in [0.1, 0.15) is 20.8 Å². The Hall–Kier alpha value is -0.0800. The van der Waals surface area contributed by atoms with Gasteiger partial charge in [-0.2, -0.15) is 0 Å². The molecule has 2 heteroatoms. The molecule has 0 unspecified atom stereocenters. The number of hydrogen-bond acceptors (Lipinski definition) is 2. The Bertz CT molecular complexity index is 30.0. The SMILES string of the molecule is CCN(CC)CC.[OH-]. The highest BCUT2D eigenvalue weighted by atomic mass is 16.0. The normalized spacial score (nSPS) is 9.00. The second-order valence-electron chi connectivity index (χ2n) is 1.62. The maximum Gasteiger partial charge on any atom is -0.00474 e. The third-order valence-electron chi connectivity index (χ3n) is 1.34. The Morgan fingerprint density at radius 3 is 1.12 bits per heavy atom. The van der Waals surface area contributed by atoms with Gasteiger partial charge in [-0.25, -0.2) is 0 Å². The predicted molar refractivity (Wildman–Crippen MR) is 35.4 cm³/mol. The first-order valence-corrected chi connectivity index (χ1v) is 3.07. The van der Waals surface area contributed by atoms with E-state index in [4.69, 9.17) is 0 Å². The molecule has 0 saturated heterocycles. The van der Waals surface area contributed by atoms with E-state index < -0.39 is 0 Å². The molecule has 0 atom stereocenters. The summed E-state index contributed by atoms with van der Waals surface area (Å²) in [6, 6.07) is 0. The van der Waals surface area contributed by atoms with E-state index >= 15 is 0 Å². The summed E-state index contributed by atoms with van der Waals surface area (Å²) in [5, 5.41) is 0. The van der Waals surface area contributed by atoms with Crippen molar-refractivity contribution in [1.29, 1.82) is 0 Å². The fraction of sp³-hybridized carbons (Fsp3) is 1.00. The molecule has 0 amide bonds. The molecule has 0 aliphatic carbocycles. The second kappa shape index (κ2) is 6.92. The summed E-state index contributed by atoms with van der Waals surface area (Å²) >= 11 is 0. The van der Waals surface area contributed by atoms with Crippen LogP contribution in [0.4, 0.5) is 0 Å². The van der Waals surface area contributed by atoms with Crippen LogP contribution in [-0.4, -0.2) is 30.0 Å². The highest BCUT2D eigenvalue weighted by molar-refractivity contribution is 4.43. The molecule has 8 heavy (non-hydrogen) atoms. The van der Waals surface area contributed by atoms with E-state index in [1.165, 1.54) is 19.6 Å². The summed E-state index contributed by atoms with van der Waals surface area (Å²) in [7, 11) is 0. The van der Waals surface area contributed by atoms with Crippen LogP contribution in [0.5, 0.6) is 0 Å². The summed E-state index contributed by atoms with van der Waals surface area (Å²) < 4.78 is 0. The summed E-state index contributed by atoms with van der Waals surface area (Å²) in [4.78, 5) is 2.38. The largest absolute Gasteiger partial charge is 0.870 e. The fourth-order valence-electron chi connectivity index (χ4n) is 0.671. The van der Waals surface area contributed by atoms with Crippen LogP contribution >= 0.6 is 0 Å². The predicted octanol–water partition coefficient (Wildman–Crippen LogP) is 1.17. The van der Waals surface area contributed by atoms with Crippen molar-refractivity contribution in [3.8, 4) is 0 Å². The van der Waals surface area contributed by atoms with Crippen molar-refractivity contribution in [2.45, 2.75) is 20.8 Å². The first-order valence-electron chi connectivity index (χ1n) is 3.07. The van der Waals surface area contributed by atoms with E-state index in [1.54, 1.807) is 0 Å². The van der Waals surface area contributed by atoms with Gasteiger partial charge in [0.25, 0.3) is 0 Å². The minimum Gasteiger partial charge on any atom is -0.870 e. The quantitative estimate of drug-likeness (QED) is 0.557. The molecule has 0 aliphatic rings. The second-order valence-corrected chi connectivity index (χ2v) is 1.62. The average molecular weight is 118 g/mol. The first-order chi connectivity index (χ1) is 3.35. The van der Waals surface area contributed by atoms with Gasteiger partial charge in [-0.3, -0.25) is 0 Å². The molecule has 52 valence electrons. The Kier molecular flexibility index (Phi) is 9.36. The lowest BCUT2D eigenvalue weighted by Crippen LogP contribution is -2.21. The van der Waals surface area contributed by atoms with Gasteiger partial charge in [-0.15, -0.1) is 0 Å². The number of nitrogens with zero attached hydrogens (tertiary/aromatic N) is 1. The van der Waals surface area contributed by atoms with Gasteiger partial charge in [0.05, 0.1) is 0 Å².